The number of amides is 1. The molecule has 5 heteroatoms. The number of nitrogens with zero attached hydrogens (tertiary/aromatic N) is 2. The molecule has 0 radical (unpaired) electrons. The third-order valence-corrected chi connectivity index (χ3v) is 2.71. The van der Waals surface area contributed by atoms with Gasteiger partial charge in [-0.05, 0) is 13.0 Å². The smallest absolute Gasteiger partial charge is 0.256 e. The van der Waals surface area contributed by atoms with Crippen LogP contribution in [0.1, 0.15) is 17.3 Å². The van der Waals surface area contributed by atoms with Gasteiger partial charge in [0.15, 0.2) is 0 Å². The molecule has 0 aromatic carbocycles. The Balaban J connectivity index is 2.21. The predicted molar refractivity (Wildman–Crippen MR) is 60.0 cm³/mol. The van der Waals surface area contributed by atoms with Crippen LogP contribution in [0.15, 0.2) is 18.5 Å². The van der Waals surface area contributed by atoms with Crippen molar-refractivity contribution < 1.29 is 9.53 Å². The monoisotopic (exact) mass is 221 g/mol. The van der Waals surface area contributed by atoms with Crippen molar-refractivity contribution in [1.29, 1.82) is 0 Å². The molecule has 1 atom stereocenters. The van der Waals surface area contributed by atoms with Gasteiger partial charge < -0.3 is 15.4 Å². The SMILES string of the molecule is CC1COCCN1C(=O)c1ccncc1N. The summed E-state index contributed by atoms with van der Waals surface area (Å²) in [5.74, 6) is -0.0456. The zero-order valence-corrected chi connectivity index (χ0v) is 9.22. The van der Waals surface area contributed by atoms with Gasteiger partial charge in [0.2, 0.25) is 0 Å². The summed E-state index contributed by atoms with van der Waals surface area (Å²) in [5, 5.41) is 0. The second-order valence-corrected chi connectivity index (χ2v) is 3.89. The van der Waals surface area contributed by atoms with Gasteiger partial charge in [-0.2, -0.15) is 0 Å². The number of hydrogen-bond donors (Lipinski definition) is 1. The molecule has 0 bridgehead atoms. The van der Waals surface area contributed by atoms with Crippen LogP contribution in [0.25, 0.3) is 0 Å². The van der Waals surface area contributed by atoms with Crippen LogP contribution in [0.5, 0.6) is 0 Å². The van der Waals surface area contributed by atoms with Gasteiger partial charge in [0.1, 0.15) is 0 Å². The molecule has 1 aliphatic rings. The number of anilines is 1. The van der Waals surface area contributed by atoms with E-state index in [2.05, 4.69) is 4.98 Å². The van der Waals surface area contributed by atoms with E-state index in [0.717, 1.165) is 0 Å². The molecule has 0 spiro atoms. The summed E-state index contributed by atoms with van der Waals surface area (Å²) in [6.07, 6.45) is 3.08. The van der Waals surface area contributed by atoms with Crippen LogP contribution >= 0.6 is 0 Å². The van der Waals surface area contributed by atoms with Crippen LogP contribution in [0.4, 0.5) is 5.69 Å². The molecule has 2 rings (SSSR count). The van der Waals surface area contributed by atoms with E-state index in [4.69, 9.17) is 10.5 Å². The molecule has 86 valence electrons. The first-order chi connectivity index (χ1) is 7.70. The Morgan fingerprint density at radius 1 is 1.69 bits per heavy atom. The van der Waals surface area contributed by atoms with E-state index < -0.39 is 0 Å². The van der Waals surface area contributed by atoms with E-state index in [1.807, 2.05) is 6.92 Å². The van der Waals surface area contributed by atoms with Crippen LogP contribution in [0.2, 0.25) is 0 Å². The summed E-state index contributed by atoms with van der Waals surface area (Å²) >= 11 is 0. The molecule has 0 saturated carbocycles. The van der Waals surface area contributed by atoms with Gasteiger partial charge in [0.25, 0.3) is 5.91 Å². The number of rotatable bonds is 1. The van der Waals surface area contributed by atoms with Crippen molar-refractivity contribution in [3.8, 4) is 0 Å². The molecule has 16 heavy (non-hydrogen) atoms. The Morgan fingerprint density at radius 2 is 2.50 bits per heavy atom. The number of nitrogens with two attached hydrogens (primary N) is 1. The van der Waals surface area contributed by atoms with Crippen molar-refractivity contribution in [3.05, 3.63) is 24.0 Å². The Bertz CT molecular complexity index is 395. The largest absolute Gasteiger partial charge is 0.397 e. The number of hydrogen-bond acceptors (Lipinski definition) is 4. The van der Waals surface area contributed by atoms with Crippen molar-refractivity contribution in [2.24, 2.45) is 0 Å². The van der Waals surface area contributed by atoms with Gasteiger partial charge in [0.05, 0.1) is 36.7 Å². The molecule has 1 saturated heterocycles. The van der Waals surface area contributed by atoms with Gasteiger partial charge in [-0.3, -0.25) is 9.78 Å². The number of pyridine rings is 1. The van der Waals surface area contributed by atoms with Gasteiger partial charge >= 0.3 is 0 Å². The zero-order valence-electron chi connectivity index (χ0n) is 9.22. The molecule has 1 aliphatic heterocycles. The van der Waals surface area contributed by atoms with Crippen molar-refractivity contribution in [1.82, 2.24) is 9.88 Å². The van der Waals surface area contributed by atoms with Crippen LogP contribution < -0.4 is 5.73 Å². The van der Waals surface area contributed by atoms with E-state index in [9.17, 15) is 4.79 Å². The van der Waals surface area contributed by atoms with Crippen LogP contribution in [0, 0.1) is 0 Å². The molecule has 5 nitrogen and oxygen atoms in total. The number of ether oxygens (including phenoxy) is 1. The minimum atomic E-state index is -0.0456. The third-order valence-electron chi connectivity index (χ3n) is 2.71. The number of nitrogen functional groups attached to an aromatic ring is 1. The minimum Gasteiger partial charge on any atom is -0.397 e. The lowest BCUT2D eigenvalue weighted by atomic mass is 10.1. The Morgan fingerprint density at radius 3 is 3.19 bits per heavy atom. The van der Waals surface area contributed by atoms with E-state index in [-0.39, 0.29) is 11.9 Å². The number of aromatic nitrogens is 1. The average Bonchev–Trinajstić information content (AvgIpc) is 2.29. The van der Waals surface area contributed by atoms with Crippen LogP contribution in [-0.2, 0) is 4.74 Å². The maximum atomic E-state index is 12.2. The first-order valence-electron chi connectivity index (χ1n) is 5.28. The second-order valence-electron chi connectivity index (χ2n) is 3.89. The summed E-state index contributed by atoms with van der Waals surface area (Å²) in [4.78, 5) is 17.9. The standard InChI is InChI=1S/C11H15N3O2/c1-8-7-16-5-4-14(8)11(15)9-2-3-13-6-10(9)12/h2-3,6,8H,4-5,7,12H2,1H3. The molecule has 1 aromatic rings. The van der Waals surface area contributed by atoms with E-state index in [1.54, 1.807) is 17.2 Å². The van der Waals surface area contributed by atoms with E-state index in [1.165, 1.54) is 6.20 Å². The van der Waals surface area contributed by atoms with Crippen molar-refractivity contribution in [2.45, 2.75) is 13.0 Å². The highest BCUT2D eigenvalue weighted by Crippen LogP contribution is 2.16. The van der Waals surface area contributed by atoms with E-state index in [0.29, 0.717) is 31.0 Å². The van der Waals surface area contributed by atoms with Gasteiger partial charge in [0, 0.05) is 12.7 Å². The normalized spacial score (nSPS) is 20.8. The predicted octanol–water partition coefficient (Wildman–Crippen LogP) is 0.525. The number of morpholine rings is 1. The lowest BCUT2D eigenvalue weighted by molar-refractivity contribution is 0.00365. The summed E-state index contributed by atoms with van der Waals surface area (Å²) in [5.41, 5.74) is 6.67. The molecule has 1 aromatic heterocycles. The van der Waals surface area contributed by atoms with Crippen molar-refractivity contribution in [2.75, 3.05) is 25.5 Å². The fraction of sp³-hybridized carbons (Fsp3) is 0.455. The van der Waals surface area contributed by atoms with Crippen molar-refractivity contribution >= 4 is 11.6 Å². The lowest BCUT2D eigenvalue weighted by Gasteiger charge is -2.33. The highest BCUT2D eigenvalue weighted by molar-refractivity contribution is 5.99. The first kappa shape index (κ1) is 10.9. The van der Waals surface area contributed by atoms with Gasteiger partial charge in [-0.1, -0.05) is 0 Å². The molecular formula is C11H15N3O2. The zero-order chi connectivity index (χ0) is 11.5. The minimum absolute atomic E-state index is 0.0456. The number of carbonyl (C=O) groups excluding carboxylic acids is 1. The first-order valence-corrected chi connectivity index (χ1v) is 5.28. The maximum Gasteiger partial charge on any atom is 0.256 e. The highest BCUT2D eigenvalue weighted by atomic mass is 16.5. The Labute approximate surface area is 94.2 Å². The fourth-order valence-electron chi connectivity index (χ4n) is 1.79. The van der Waals surface area contributed by atoms with Gasteiger partial charge in [-0.15, -0.1) is 0 Å². The van der Waals surface area contributed by atoms with Crippen molar-refractivity contribution in [3.63, 3.8) is 0 Å². The topological polar surface area (TPSA) is 68.5 Å². The third kappa shape index (κ3) is 1.99. The maximum absolute atomic E-state index is 12.2. The molecule has 1 amide bonds. The van der Waals surface area contributed by atoms with Crippen LogP contribution in [0.3, 0.4) is 0 Å². The summed E-state index contributed by atoms with van der Waals surface area (Å²) in [6.45, 7) is 3.74. The van der Waals surface area contributed by atoms with Crippen LogP contribution in [-0.4, -0.2) is 41.6 Å². The molecule has 0 aliphatic carbocycles. The fourth-order valence-corrected chi connectivity index (χ4v) is 1.79. The Kier molecular flexibility index (Phi) is 3.05. The van der Waals surface area contributed by atoms with Gasteiger partial charge in [-0.25, -0.2) is 0 Å². The summed E-state index contributed by atoms with van der Waals surface area (Å²) in [7, 11) is 0. The molecule has 1 unspecified atom stereocenters. The molecule has 2 heterocycles. The average molecular weight is 221 g/mol. The lowest BCUT2D eigenvalue weighted by Crippen LogP contribution is -2.47. The molecular weight excluding hydrogens is 206 g/mol. The summed E-state index contributed by atoms with van der Waals surface area (Å²) in [6, 6.07) is 1.74. The summed E-state index contributed by atoms with van der Waals surface area (Å²) < 4.78 is 5.29. The Hall–Kier alpha value is -1.62. The molecule has 2 N–H and O–H groups in total. The number of carbonyl (C=O) groups is 1. The molecule has 1 fully saturated rings. The highest BCUT2D eigenvalue weighted by Gasteiger charge is 2.25. The van der Waals surface area contributed by atoms with E-state index >= 15 is 0 Å². The second kappa shape index (κ2) is 4.49. The quantitative estimate of drug-likeness (QED) is 0.750.